The Morgan fingerprint density at radius 1 is 1.18 bits per heavy atom. The van der Waals surface area contributed by atoms with E-state index < -0.39 is 11.7 Å². The van der Waals surface area contributed by atoms with Gasteiger partial charge in [0.1, 0.15) is 18.2 Å². The van der Waals surface area contributed by atoms with E-state index in [0.29, 0.717) is 28.2 Å². The highest BCUT2D eigenvalue weighted by molar-refractivity contribution is 6.31. The Labute approximate surface area is 220 Å². The highest BCUT2D eigenvalue weighted by atomic mass is 35.5. The van der Waals surface area contributed by atoms with E-state index in [2.05, 4.69) is 21.9 Å². The van der Waals surface area contributed by atoms with Crippen molar-refractivity contribution in [2.45, 2.75) is 49.0 Å². The van der Waals surface area contributed by atoms with E-state index in [0.717, 1.165) is 31.7 Å². The van der Waals surface area contributed by atoms with E-state index in [1.165, 1.54) is 31.6 Å². The molecule has 3 spiro atoms. The fourth-order valence-electron chi connectivity index (χ4n) is 7.37. The maximum atomic E-state index is 13.4. The Morgan fingerprint density at radius 3 is 2.58 bits per heavy atom. The number of ether oxygens (including phenoxy) is 2. The number of hydrogen-bond acceptors (Lipinski definition) is 6. The minimum absolute atomic E-state index is 0.0129. The molecule has 196 valence electrons. The molecular weight excluding hydrogens is 521 g/mol. The third-order valence-electron chi connectivity index (χ3n) is 8.85. The van der Waals surface area contributed by atoms with Gasteiger partial charge < -0.3 is 19.7 Å². The van der Waals surface area contributed by atoms with Crippen LogP contribution in [0.4, 0.5) is 24.7 Å². The number of carbonyl (C=O) groups is 1. The molecule has 2 atom stereocenters. The maximum Gasteiger partial charge on any atom is 0.417 e. The zero-order chi connectivity index (χ0) is 26.7. The number of benzene rings is 2. The number of piperidine rings is 2. The zero-order valence-electron chi connectivity index (χ0n) is 20.2. The largest absolute Gasteiger partial charge is 0.493 e. The third kappa shape index (κ3) is 2.89. The van der Waals surface area contributed by atoms with Gasteiger partial charge in [0, 0.05) is 35.4 Å². The van der Waals surface area contributed by atoms with Crippen LogP contribution < -0.4 is 14.8 Å². The van der Waals surface area contributed by atoms with Crippen LogP contribution in [0.2, 0.25) is 5.02 Å². The van der Waals surface area contributed by atoms with Crippen LogP contribution in [0.25, 0.3) is 10.9 Å². The molecular formula is C27H22ClF3N4O3. The lowest BCUT2D eigenvalue weighted by molar-refractivity contribution is -0.151. The Morgan fingerprint density at radius 2 is 1.92 bits per heavy atom. The molecule has 2 bridgehead atoms. The van der Waals surface area contributed by atoms with Crippen molar-refractivity contribution in [3.63, 3.8) is 0 Å². The van der Waals surface area contributed by atoms with Crippen molar-refractivity contribution >= 4 is 39.9 Å². The van der Waals surface area contributed by atoms with Gasteiger partial charge in [0.15, 0.2) is 11.5 Å². The van der Waals surface area contributed by atoms with Crippen molar-refractivity contribution < 1.29 is 27.4 Å². The van der Waals surface area contributed by atoms with Crippen LogP contribution in [0.1, 0.15) is 31.2 Å². The molecule has 3 aromatic rings. The van der Waals surface area contributed by atoms with Gasteiger partial charge in [-0.25, -0.2) is 9.97 Å². The number of amides is 1. The van der Waals surface area contributed by atoms with Gasteiger partial charge >= 0.3 is 6.18 Å². The second kappa shape index (κ2) is 7.31. The molecule has 3 heterocycles. The lowest BCUT2D eigenvalue weighted by Crippen LogP contribution is -2.66. The number of hydrogen-bond donors (Lipinski definition) is 1. The predicted molar refractivity (Wildman–Crippen MR) is 134 cm³/mol. The Kier molecular flexibility index (Phi) is 4.54. The average Bonchev–Trinajstić information content (AvgIpc) is 3.67. The Bertz CT molecular complexity index is 1540. The molecule has 0 radical (unpaired) electrons. The molecule has 3 aliphatic carbocycles. The standard InChI is InChI=1S/C27H22ClF3N4O3/c1-3-22(36)35-25-9-15(10-26(35)12-24(25,26)11-25)38-21-7-16-19(8-20(21)37-2)32-13-33-23(16)34-14-4-5-18(28)17(6-14)27(29,30)31/h3-8,13,15H,1,9-12H2,2H3,(H,32,33,34). The molecule has 1 amide bonds. The van der Waals surface area contributed by atoms with Crippen LogP contribution in [0.5, 0.6) is 11.5 Å². The predicted octanol–water partition coefficient (Wildman–Crippen LogP) is 5.90. The van der Waals surface area contributed by atoms with Gasteiger partial charge in [-0.15, -0.1) is 0 Å². The van der Waals surface area contributed by atoms with Crippen molar-refractivity contribution in [2.75, 3.05) is 12.4 Å². The number of halogens is 4. The highest BCUT2D eigenvalue weighted by Gasteiger charge is 3.03. The molecule has 1 N–H and O–H groups in total. The number of alkyl halides is 3. The van der Waals surface area contributed by atoms with Crippen molar-refractivity contribution in [1.29, 1.82) is 0 Å². The zero-order valence-corrected chi connectivity index (χ0v) is 21.0. The second-order valence-electron chi connectivity index (χ2n) is 10.6. The molecule has 2 aliphatic heterocycles. The van der Waals surface area contributed by atoms with Crippen LogP contribution in [0.3, 0.4) is 0 Å². The number of nitrogens with one attached hydrogen (secondary N) is 1. The molecule has 2 aromatic carbocycles. The van der Waals surface area contributed by atoms with Gasteiger partial charge in [0.2, 0.25) is 5.91 Å². The number of rotatable bonds is 6. The molecule has 3 saturated carbocycles. The van der Waals surface area contributed by atoms with E-state index in [9.17, 15) is 18.0 Å². The monoisotopic (exact) mass is 542 g/mol. The second-order valence-corrected chi connectivity index (χ2v) is 11.0. The molecule has 2 unspecified atom stereocenters. The topological polar surface area (TPSA) is 76.6 Å². The summed E-state index contributed by atoms with van der Waals surface area (Å²) in [4.78, 5) is 23.1. The van der Waals surface area contributed by atoms with Gasteiger partial charge in [0.05, 0.1) is 34.3 Å². The van der Waals surface area contributed by atoms with Crippen LogP contribution in [-0.4, -0.2) is 45.1 Å². The number of fused-ring (bicyclic) bond motifs is 3. The summed E-state index contributed by atoms with van der Waals surface area (Å²) in [6.45, 7) is 3.67. The van der Waals surface area contributed by atoms with Crippen LogP contribution >= 0.6 is 11.6 Å². The molecule has 5 fully saturated rings. The Balaban J connectivity index is 1.19. The summed E-state index contributed by atoms with van der Waals surface area (Å²) in [6.07, 6.45) is 1.50. The van der Waals surface area contributed by atoms with E-state index in [4.69, 9.17) is 21.1 Å². The number of methoxy groups -OCH3 is 1. The summed E-state index contributed by atoms with van der Waals surface area (Å²) < 4.78 is 52.1. The lowest BCUT2D eigenvalue weighted by Gasteiger charge is -2.54. The van der Waals surface area contributed by atoms with E-state index in [-0.39, 0.29) is 39.2 Å². The SMILES string of the molecule is C=CC(=O)N1C23CC(Oc4cc5c(Nc6ccc(Cl)c(C(F)(F)F)c6)ncnc5cc4OC)CC14CC24C3. The summed E-state index contributed by atoms with van der Waals surface area (Å²) >= 11 is 5.77. The molecule has 8 rings (SSSR count). The first-order valence-corrected chi connectivity index (χ1v) is 12.6. The highest BCUT2D eigenvalue weighted by Crippen LogP contribution is 2.96. The van der Waals surface area contributed by atoms with Crippen LogP contribution in [0, 0.1) is 5.41 Å². The fraction of sp³-hybridized carbons (Fsp3) is 0.370. The van der Waals surface area contributed by atoms with Crippen molar-refractivity contribution in [2.24, 2.45) is 5.41 Å². The molecule has 11 heteroatoms. The summed E-state index contributed by atoms with van der Waals surface area (Å²) in [7, 11) is 1.54. The van der Waals surface area contributed by atoms with Crippen molar-refractivity contribution in [3.05, 3.63) is 59.9 Å². The van der Waals surface area contributed by atoms with Gasteiger partial charge in [-0.3, -0.25) is 4.79 Å². The molecule has 1 aromatic heterocycles. The van der Waals surface area contributed by atoms with E-state index >= 15 is 0 Å². The van der Waals surface area contributed by atoms with Gasteiger partial charge in [0.25, 0.3) is 0 Å². The van der Waals surface area contributed by atoms with Crippen molar-refractivity contribution in [3.8, 4) is 11.5 Å². The lowest BCUT2D eigenvalue weighted by atomic mass is 9.77. The number of anilines is 2. The van der Waals surface area contributed by atoms with Gasteiger partial charge in [-0.2, -0.15) is 13.2 Å². The number of aromatic nitrogens is 2. The van der Waals surface area contributed by atoms with Crippen molar-refractivity contribution in [1.82, 2.24) is 14.9 Å². The maximum absolute atomic E-state index is 13.4. The summed E-state index contributed by atoms with van der Waals surface area (Å²) in [5.41, 5.74) is -0.228. The first kappa shape index (κ1) is 23.6. The first-order chi connectivity index (χ1) is 18.1. The minimum Gasteiger partial charge on any atom is -0.493 e. The first-order valence-electron chi connectivity index (χ1n) is 12.2. The Hall–Kier alpha value is -3.53. The van der Waals surface area contributed by atoms with Gasteiger partial charge in [-0.05, 0) is 43.2 Å². The van der Waals surface area contributed by atoms with Crippen LogP contribution in [0.15, 0.2) is 49.3 Å². The normalized spacial score (nSPS) is 30.0. The minimum atomic E-state index is -4.59. The molecule has 7 nitrogen and oxygen atoms in total. The summed E-state index contributed by atoms with van der Waals surface area (Å²) in [6, 6.07) is 7.04. The van der Waals surface area contributed by atoms with E-state index in [1.54, 1.807) is 12.1 Å². The third-order valence-corrected chi connectivity index (χ3v) is 9.18. The fourth-order valence-corrected chi connectivity index (χ4v) is 7.59. The molecule has 5 aliphatic rings. The summed E-state index contributed by atoms with van der Waals surface area (Å²) in [5, 5.41) is 3.13. The quantitative estimate of drug-likeness (QED) is 0.391. The smallest absolute Gasteiger partial charge is 0.417 e. The number of nitrogens with zero attached hydrogens (tertiary/aromatic N) is 3. The number of carbonyl (C=O) groups excluding carboxylic acids is 1. The molecule has 2 saturated heterocycles. The van der Waals surface area contributed by atoms with Crippen LogP contribution in [-0.2, 0) is 11.0 Å². The summed E-state index contributed by atoms with van der Waals surface area (Å²) in [5.74, 6) is 1.27. The molecule has 38 heavy (non-hydrogen) atoms. The van der Waals surface area contributed by atoms with E-state index in [1.807, 2.05) is 4.90 Å². The van der Waals surface area contributed by atoms with Gasteiger partial charge in [-0.1, -0.05) is 18.2 Å². The average molecular weight is 543 g/mol.